The third-order valence-electron chi connectivity index (χ3n) is 1.94. The zero-order chi connectivity index (χ0) is 8.55. The smallest absolute Gasteiger partial charge is 0.423 e. The summed E-state index contributed by atoms with van der Waals surface area (Å²) in [5.74, 6) is 0. The van der Waals surface area contributed by atoms with E-state index in [1.54, 1.807) is 18.2 Å². The molecule has 3 nitrogen and oxygen atoms in total. The first kappa shape index (κ1) is 7.52. The highest BCUT2D eigenvalue weighted by molar-refractivity contribution is 6.58. The van der Waals surface area contributed by atoms with Crippen molar-refractivity contribution in [2.24, 2.45) is 4.99 Å². The van der Waals surface area contributed by atoms with Crippen LogP contribution in [0.15, 0.2) is 23.2 Å². The molecule has 4 heteroatoms. The predicted molar refractivity (Wildman–Crippen MR) is 48.1 cm³/mol. The first-order valence-electron chi connectivity index (χ1n) is 3.79. The molecule has 0 bridgehead atoms. The van der Waals surface area contributed by atoms with Crippen LogP contribution in [0, 0.1) is 0 Å². The summed E-state index contributed by atoms with van der Waals surface area (Å²) < 4.78 is 0. The van der Waals surface area contributed by atoms with Crippen molar-refractivity contribution in [2.45, 2.75) is 6.42 Å². The van der Waals surface area contributed by atoms with Crippen molar-refractivity contribution in [2.75, 3.05) is 0 Å². The highest BCUT2D eigenvalue weighted by Crippen LogP contribution is 2.21. The summed E-state index contributed by atoms with van der Waals surface area (Å²) in [7, 11) is -1.38. The summed E-state index contributed by atoms with van der Waals surface area (Å²) in [6.07, 6.45) is 2.61. The Morgan fingerprint density at radius 2 is 2.17 bits per heavy atom. The molecule has 1 aliphatic heterocycles. The lowest BCUT2D eigenvalue weighted by Crippen LogP contribution is -2.29. The van der Waals surface area contributed by atoms with Crippen molar-refractivity contribution in [1.29, 1.82) is 0 Å². The first-order valence-corrected chi connectivity index (χ1v) is 3.79. The van der Waals surface area contributed by atoms with Crippen molar-refractivity contribution < 1.29 is 10.0 Å². The van der Waals surface area contributed by atoms with Gasteiger partial charge < -0.3 is 10.0 Å². The number of fused-ring (bicyclic) bond motifs is 1. The van der Waals surface area contributed by atoms with Gasteiger partial charge in [-0.3, -0.25) is 4.99 Å². The number of hydrogen-bond donors (Lipinski definition) is 2. The van der Waals surface area contributed by atoms with Crippen LogP contribution in [0.1, 0.15) is 5.56 Å². The number of hydrogen-bond acceptors (Lipinski definition) is 3. The lowest BCUT2D eigenvalue weighted by atomic mass is 9.79. The Morgan fingerprint density at radius 1 is 1.33 bits per heavy atom. The highest BCUT2D eigenvalue weighted by atomic mass is 16.4. The summed E-state index contributed by atoms with van der Waals surface area (Å²) in [4.78, 5) is 4.11. The van der Waals surface area contributed by atoms with Gasteiger partial charge in [0.2, 0.25) is 0 Å². The lowest BCUT2D eigenvalue weighted by molar-refractivity contribution is 0.426. The molecule has 0 saturated heterocycles. The minimum atomic E-state index is -1.38. The molecular weight excluding hydrogens is 153 g/mol. The van der Waals surface area contributed by atoms with Gasteiger partial charge in [0.1, 0.15) is 0 Å². The van der Waals surface area contributed by atoms with Gasteiger partial charge in [-0.25, -0.2) is 0 Å². The quantitative estimate of drug-likeness (QED) is 0.551. The van der Waals surface area contributed by atoms with E-state index in [1.165, 1.54) is 0 Å². The summed E-state index contributed by atoms with van der Waals surface area (Å²) in [6, 6.07) is 5.24. The Bertz CT molecular complexity index is 336. The van der Waals surface area contributed by atoms with E-state index in [9.17, 15) is 0 Å². The fourth-order valence-corrected chi connectivity index (χ4v) is 1.30. The zero-order valence-corrected chi connectivity index (χ0v) is 6.44. The average molecular weight is 161 g/mol. The van der Waals surface area contributed by atoms with Crippen LogP contribution in [0.4, 0.5) is 5.69 Å². The zero-order valence-electron chi connectivity index (χ0n) is 6.44. The van der Waals surface area contributed by atoms with Crippen molar-refractivity contribution in [3.8, 4) is 0 Å². The van der Waals surface area contributed by atoms with Gasteiger partial charge >= 0.3 is 7.12 Å². The molecule has 2 N–H and O–H groups in total. The van der Waals surface area contributed by atoms with E-state index in [-0.39, 0.29) is 0 Å². The Balaban J connectivity index is 2.42. The van der Waals surface area contributed by atoms with Crippen LogP contribution in [0.5, 0.6) is 0 Å². The molecule has 0 amide bonds. The number of aliphatic imine (C=N–C) groups is 1. The normalized spacial score (nSPS) is 13.2. The highest BCUT2D eigenvalue weighted by Gasteiger charge is 2.14. The van der Waals surface area contributed by atoms with Gasteiger partial charge in [-0.1, -0.05) is 12.1 Å². The predicted octanol–water partition coefficient (Wildman–Crippen LogP) is -0.375. The van der Waals surface area contributed by atoms with Crippen LogP contribution in [0.25, 0.3) is 0 Å². The van der Waals surface area contributed by atoms with E-state index in [2.05, 4.69) is 4.99 Å². The molecule has 60 valence electrons. The van der Waals surface area contributed by atoms with Crippen LogP contribution in [0.2, 0.25) is 0 Å². The third-order valence-corrected chi connectivity index (χ3v) is 1.94. The molecule has 1 aromatic rings. The molecule has 1 heterocycles. The van der Waals surface area contributed by atoms with Crippen LogP contribution >= 0.6 is 0 Å². The van der Waals surface area contributed by atoms with Crippen LogP contribution in [-0.4, -0.2) is 23.4 Å². The van der Waals surface area contributed by atoms with Gasteiger partial charge in [0, 0.05) is 12.6 Å². The first-order chi connectivity index (χ1) is 5.77. The largest absolute Gasteiger partial charge is 0.488 e. The molecule has 12 heavy (non-hydrogen) atoms. The molecule has 0 fully saturated rings. The van der Waals surface area contributed by atoms with Crippen molar-refractivity contribution >= 4 is 24.5 Å². The number of rotatable bonds is 1. The van der Waals surface area contributed by atoms with E-state index in [0.29, 0.717) is 5.46 Å². The van der Waals surface area contributed by atoms with Crippen molar-refractivity contribution in [1.82, 2.24) is 0 Å². The maximum atomic E-state index is 8.87. The second kappa shape index (κ2) is 2.73. The van der Waals surface area contributed by atoms with Crippen LogP contribution < -0.4 is 5.46 Å². The summed E-state index contributed by atoms with van der Waals surface area (Å²) >= 11 is 0. The standard InChI is InChI=1S/C8H8BNO2/c11-9(12)7-1-2-8-6(5-7)3-4-10-8/h1-2,4-5,11-12H,3H2. The van der Waals surface area contributed by atoms with E-state index in [1.807, 2.05) is 6.21 Å². The topological polar surface area (TPSA) is 52.8 Å². The van der Waals surface area contributed by atoms with E-state index in [0.717, 1.165) is 17.7 Å². The molecule has 0 radical (unpaired) electrons. The summed E-state index contributed by atoms with van der Waals surface area (Å²) in [6.45, 7) is 0. The molecule has 0 aliphatic carbocycles. The molecule has 0 aromatic heterocycles. The molecule has 0 atom stereocenters. The maximum absolute atomic E-state index is 8.87. The Kier molecular flexibility index (Phi) is 1.71. The van der Waals surface area contributed by atoms with Crippen molar-refractivity contribution in [3.05, 3.63) is 23.8 Å². The van der Waals surface area contributed by atoms with Gasteiger partial charge in [0.15, 0.2) is 0 Å². The van der Waals surface area contributed by atoms with Gasteiger partial charge in [0.25, 0.3) is 0 Å². The summed E-state index contributed by atoms with van der Waals surface area (Å²) in [5, 5.41) is 17.7. The maximum Gasteiger partial charge on any atom is 0.488 e. The number of nitrogens with zero attached hydrogens (tertiary/aromatic N) is 1. The average Bonchev–Trinajstić information content (AvgIpc) is 2.49. The van der Waals surface area contributed by atoms with Gasteiger partial charge in [0.05, 0.1) is 5.69 Å². The Labute approximate surface area is 70.5 Å². The number of benzene rings is 1. The Hall–Kier alpha value is -1.13. The van der Waals surface area contributed by atoms with Gasteiger partial charge in [-0.15, -0.1) is 0 Å². The fraction of sp³-hybridized carbons (Fsp3) is 0.125. The van der Waals surface area contributed by atoms with Gasteiger partial charge in [-0.05, 0) is 17.1 Å². The minimum absolute atomic E-state index is 0.527. The molecule has 2 rings (SSSR count). The molecular formula is C8H8BNO2. The second-order valence-corrected chi connectivity index (χ2v) is 2.78. The van der Waals surface area contributed by atoms with Crippen LogP contribution in [0.3, 0.4) is 0 Å². The van der Waals surface area contributed by atoms with Crippen molar-refractivity contribution in [3.63, 3.8) is 0 Å². The molecule has 0 saturated carbocycles. The van der Waals surface area contributed by atoms with E-state index < -0.39 is 7.12 Å². The van der Waals surface area contributed by atoms with Crippen LogP contribution in [-0.2, 0) is 6.42 Å². The molecule has 1 aliphatic rings. The SMILES string of the molecule is OB(O)c1ccc2c(c1)CC=N2. The minimum Gasteiger partial charge on any atom is -0.423 e. The molecule has 0 spiro atoms. The third kappa shape index (κ3) is 1.15. The van der Waals surface area contributed by atoms with Gasteiger partial charge in [-0.2, -0.15) is 0 Å². The summed E-state index contributed by atoms with van der Waals surface area (Å²) in [5.41, 5.74) is 2.51. The van der Waals surface area contributed by atoms with E-state index in [4.69, 9.17) is 10.0 Å². The second-order valence-electron chi connectivity index (χ2n) is 2.78. The molecule has 1 aromatic carbocycles. The monoisotopic (exact) mass is 161 g/mol. The molecule has 0 unspecified atom stereocenters. The Morgan fingerprint density at radius 3 is 2.92 bits per heavy atom. The fourth-order valence-electron chi connectivity index (χ4n) is 1.30. The van der Waals surface area contributed by atoms with E-state index >= 15 is 0 Å². The lowest BCUT2D eigenvalue weighted by Gasteiger charge is -2.01.